The number of carboxylic acid groups (broad SMARTS) is 1. The molecule has 1 heterocycles. The van der Waals surface area contributed by atoms with Gasteiger partial charge in [-0.05, 0) is 24.9 Å². The van der Waals surface area contributed by atoms with Crippen LogP contribution < -0.4 is 0 Å². The molecule has 3 heteroatoms. The molecular formula is C14H19NO2. The number of benzene rings is 1. The standard InChI is InChI=1S/C14H19NO2/c16-14(17)13-9-5-2-6-10-15(13)11-12-7-3-1-4-8-12/h1,3-4,7-8,13H,2,5-6,9-11H2,(H,16,17)/t13-/m1/s1. The molecule has 0 unspecified atom stereocenters. The number of carboxylic acids is 1. The first-order valence-electron chi connectivity index (χ1n) is 6.28. The molecule has 0 spiro atoms. The van der Waals surface area contributed by atoms with Gasteiger partial charge in [0.1, 0.15) is 6.04 Å². The van der Waals surface area contributed by atoms with Crippen molar-refractivity contribution in [2.45, 2.75) is 38.3 Å². The summed E-state index contributed by atoms with van der Waals surface area (Å²) in [7, 11) is 0. The van der Waals surface area contributed by atoms with Gasteiger partial charge in [0.25, 0.3) is 0 Å². The molecule has 0 aromatic heterocycles. The third kappa shape index (κ3) is 3.30. The maximum atomic E-state index is 11.3. The van der Waals surface area contributed by atoms with Crippen molar-refractivity contribution < 1.29 is 9.90 Å². The van der Waals surface area contributed by atoms with Gasteiger partial charge in [-0.25, -0.2) is 0 Å². The molecule has 17 heavy (non-hydrogen) atoms. The molecule has 1 aromatic carbocycles. The number of hydrogen-bond acceptors (Lipinski definition) is 2. The van der Waals surface area contributed by atoms with Gasteiger partial charge in [-0.1, -0.05) is 43.2 Å². The van der Waals surface area contributed by atoms with E-state index in [1.807, 2.05) is 18.2 Å². The van der Waals surface area contributed by atoms with Crippen molar-refractivity contribution in [3.63, 3.8) is 0 Å². The third-order valence-electron chi connectivity index (χ3n) is 3.38. The van der Waals surface area contributed by atoms with Gasteiger partial charge in [0.05, 0.1) is 0 Å². The fraction of sp³-hybridized carbons (Fsp3) is 0.500. The van der Waals surface area contributed by atoms with Crippen molar-refractivity contribution in [2.75, 3.05) is 6.54 Å². The van der Waals surface area contributed by atoms with Crippen LogP contribution in [0.4, 0.5) is 0 Å². The zero-order valence-electron chi connectivity index (χ0n) is 10.0. The summed E-state index contributed by atoms with van der Waals surface area (Å²) in [6, 6.07) is 9.80. The van der Waals surface area contributed by atoms with E-state index in [9.17, 15) is 9.90 Å². The lowest BCUT2D eigenvalue weighted by molar-refractivity contribution is -0.143. The van der Waals surface area contributed by atoms with E-state index >= 15 is 0 Å². The molecule has 1 atom stereocenters. The highest BCUT2D eigenvalue weighted by atomic mass is 16.4. The van der Waals surface area contributed by atoms with Gasteiger partial charge in [-0.3, -0.25) is 9.69 Å². The zero-order valence-corrected chi connectivity index (χ0v) is 10.0. The predicted octanol–water partition coefficient (Wildman–Crippen LogP) is 2.52. The molecule has 1 N–H and O–H groups in total. The monoisotopic (exact) mass is 233 g/mol. The third-order valence-corrected chi connectivity index (χ3v) is 3.38. The van der Waals surface area contributed by atoms with Crippen LogP contribution >= 0.6 is 0 Å². The number of rotatable bonds is 3. The largest absolute Gasteiger partial charge is 0.480 e. The van der Waals surface area contributed by atoms with Crippen LogP contribution in [0.2, 0.25) is 0 Å². The highest BCUT2D eigenvalue weighted by Crippen LogP contribution is 2.19. The van der Waals surface area contributed by atoms with E-state index in [4.69, 9.17) is 0 Å². The molecule has 0 bridgehead atoms. The first-order chi connectivity index (χ1) is 8.27. The average molecular weight is 233 g/mol. The van der Waals surface area contributed by atoms with E-state index in [2.05, 4.69) is 17.0 Å². The Bertz CT molecular complexity index is 364. The second-order valence-electron chi connectivity index (χ2n) is 4.66. The number of aliphatic carboxylic acids is 1. The zero-order chi connectivity index (χ0) is 12.1. The minimum Gasteiger partial charge on any atom is -0.480 e. The fourth-order valence-corrected chi connectivity index (χ4v) is 2.45. The van der Waals surface area contributed by atoms with Gasteiger partial charge in [0.2, 0.25) is 0 Å². The summed E-state index contributed by atoms with van der Waals surface area (Å²) >= 11 is 0. The van der Waals surface area contributed by atoms with E-state index in [1.165, 1.54) is 5.56 Å². The summed E-state index contributed by atoms with van der Waals surface area (Å²) in [6.07, 6.45) is 4.07. The highest BCUT2D eigenvalue weighted by Gasteiger charge is 2.26. The topological polar surface area (TPSA) is 40.5 Å². The predicted molar refractivity (Wildman–Crippen MR) is 66.7 cm³/mol. The van der Waals surface area contributed by atoms with Gasteiger partial charge in [0, 0.05) is 6.54 Å². The van der Waals surface area contributed by atoms with E-state index < -0.39 is 5.97 Å². The van der Waals surface area contributed by atoms with Gasteiger partial charge in [-0.2, -0.15) is 0 Å². The maximum Gasteiger partial charge on any atom is 0.320 e. The van der Waals surface area contributed by atoms with Gasteiger partial charge in [-0.15, -0.1) is 0 Å². The van der Waals surface area contributed by atoms with Crippen LogP contribution in [0.1, 0.15) is 31.2 Å². The lowest BCUT2D eigenvalue weighted by Gasteiger charge is -2.26. The Balaban J connectivity index is 2.07. The van der Waals surface area contributed by atoms with E-state index in [0.717, 1.165) is 38.8 Å². The molecular weight excluding hydrogens is 214 g/mol. The lowest BCUT2D eigenvalue weighted by Crippen LogP contribution is -2.40. The van der Waals surface area contributed by atoms with Crippen LogP contribution in [0.25, 0.3) is 0 Å². The molecule has 0 radical (unpaired) electrons. The second kappa shape index (κ2) is 5.82. The maximum absolute atomic E-state index is 11.3. The Hall–Kier alpha value is -1.35. The van der Waals surface area contributed by atoms with Gasteiger partial charge in [0.15, 0.2) is 0 Å². The summed E-state index contributed by atoms with van der Waals surface area (Å²) < 4.78 is 0. The molecule has 1 aromatic rings. The minimum atomic E-state index is -0.678. The smallest absolute Gasteiger partial charge is 0.320 e. The summed E-state index contributed by atoms with van der Waals surface area (Å²) in [5.74, 6) is -0.678. The molecule has 0 amide bonds. The minimum absolute atomic E-state index is 0.308. The van der Waals surface area contributed by atoms with Crippen LogP contribution in [-0.2, 0) is 11.3 Å². The number of hydrogen-bond donors (Lipinski definition) is 1. The van der Waals surface area contributed by atoms with Crippen LogP contribution in [0.15, 0.2) is 30.3 Å². The van der Waals surface area contributed by atoms with E-state index in [-0.39, 0.29) is 6.04 Å². The number of nitrogens with zero attached hydrogens (tertiary/aromatic N) is 1. The Morgan fingerprint density at radius 2 is 2.00 bits per heavy atom. The van der Waals surface area contributed by atoms with E-state index in [1.54, 1.807) is 0 Å². The van der Waals surface area contributed by atoms with Crippen LogP contribution in [0, 0.1) is 0 Å². The average Bonchev–Trinajstić information content (AvgIpc) is 2.56. The Morgan fingerprint density at radius 3 is 2.71 bits per heavy atom. The van der Waals surface area contributed by atoms with Crippen molar-refractivity contribution in [1.29, 1.82) is 0 Å². The molecule has 0 aliphatic carbocycles. The second-order valence-corrected chi connectivity index (χ2v) is 4.66. The number of carbonyl (C=O) groups is 1. The molecule has 1 fully saturated rings. The SMILES string of the molecule is O=C(O)[C@H]1CCCCCN1Cc1ccccc1. The summed E-state index contributed by atoms with van der Waals surface area (Å²) in [6.45, 7) is 1.64. The first-order valence-corrected chi connectivity index (χ1v) is 6.28. The normalized spacial score (nSPS) is 22.0. The first kappa shape index (κ1) is 12.1. The van der Waals surface area contributed by atoms with Crippen molar-refractivity contribution in [3.8, 4) is 0 Å². The Morgan fingerprint density at radius 1 is 1.24 bits per heavy atom. The molecule has 3 nitrogen and oxygen atoms in total. The summed E-state index contributed by atoms with van der Waals surface area (Å²) in [5.41, 5.74) is 1.20. The van der Waals surface area contributed by atoms with Gasteiger partial charge >= 0.3 is 5.97 Å². The van der Waals surface area contributed by atoms with Crippen LogP contribution in [0.3, 0.4) is 0 Å². The van der Waals surface area contributed by atoms with Crippen molar-refractivity contribution in [3.05, 3.63) is 35.9 Å². The Kier molecular flexibility index (Phi) is 4.15. The molecule has 0 saturated carbocycles. The Labute approximate surface area is 102 Å². The van der Waals surface area contributed by atoms with Crippen LogP contribution in [0.5, 0.6) is 0 Å². The summed E-state index contributed by atoms with van der Waals surface area (Å²) in [5, 5.41) is 9.27. The molecule has 2 rings (SSSR count). The molecule has 92 valence electrons. The van der Waals surface area contributed by atoms with Gasteiger partial charge < -0.3 is 5.11 Å². The van der Waals surface area contributed by atoms with E-state index in [0.29, 0.717) is 0 Å². The quantitative estimate of drug-likeness (QED) is 0.872. The molecule has 1 saturated heterocycles. The molecule has 1 aliphatic rings. The highest BCUT2D eigenvalue weighted by molar-refractivity contribution is 5.73. The van der Waals surface area contributed by atoms with Crippen molar-refractivity contribution in [1.82, 2.24) is 4.90 Å². The van der Waals surface area contributed by atoms with Crippen molar-refractivity contribution in [2.24, 2.45) is 0 Å². The fourth-order valence-electron chi connectivity index (χ4n) is 2.45. The number of likely N-dealkylation sites (tertiary alicyclic amines) is 1. The van der Waals surface area contributed by atoms with Crippen molar-refractivity contribution >= 4 is 5.97 Å². The summed E-state index contributed by atoms with van der Waals surface area (Å²) in [4.78, 5) is 13.4. The molecule has 1 aliphatic heterocycles. The lowest BCUT2D eigenvalue weighted by atomic mass is 10.1. The van der Waals surface area contributed by atoms with Crippen LogP contribution in [-0.4, -0.2) is 28.6 Å².